The van der Waals surface area contributed by atoms with Crippen molar-refractivity contribution in [3.8, 4) is 5.75 Å². The van der Waals surface area contributed by atoms with E-state index in [0.29, 0.717) is 18.1 Å². The number of ether oxygens (including phenoxy) is 2. The van der Waals surface area contributed by atoms with Crippen LogP contribution in [-0.2, 0) is 19.6 Å². The summed E-state index contributed by atoms with van der Waals surface area (Å²) in [5, 5.41) is 0.384. The van der Waals surface area contributed by atoms with Gasteiger partial charge in [0.15, 0.2) is 0 Å². The summed E-state index contributed by atoms with van der Waals surface area (Å²) in [6.45, 7) is 6.31. The number of rotatable bonds is 7. The van der Waals surface area contributed by atoms with Gasteiger partial charge >= 0.3 is 6.09 Å². The molecule has 2 amide bonds. The number of sulfonamides is 1. The Morgan fingerprint density at radius 3 is 2.29 bits per heavy atom. The third kappa shape index (κ3) is 5.99. The summed E-state index contributed by atoms with van der Waals surface area (Å²) in [6.07, 6.45) is -0.426. The van der Waals surface area contributed by atoms with Gasteiger partial charge in [-0.3, -0.25) is 9.10 Å². The summed E-state index contributed by atoms with van der Waals surface area (Å²) in [5.41, 5.74) is 1.78. The SMILES string of the molecule is CCOC(=O)N1CCN(C(=O)CN(c2ccc(C)c(Cl)c2)S(=O)(=O)c2cc(C)ccc2OC)CC1. The van der Waals surface area contributed by atoms with Gasteiger partial charge in [-0.15, -0.1) is 0 Å². The number of piperazine rings is 1. The molecule has 1 aliphatic rings. The Kier molecular flexibility index (Phi) is 8.50. The molecule has 190 valence electrons. The zero-order valence-corrected chi connectivity index (χ0v) is 21.9. The summed E-state index contributed by atoms with van der Waals surface area (Å²) < 4.78 is 39.1. The standard InChI is InChI=1S/C24H30ClN3O6S/c1-5-34-24(30)27-12-10-26(11-13-27)23(29)16-28(19-8-7-18(3)20(25)15-19)35(31,32)22-14-17(2)6-9-21(22)33-4/h6-9,14-15H,5,10-13,16H2,1-4H3. The quantitative estimate of drug-likeness (QED) is 0.551. The highest BCUT2D eigenvalue weighted by Crippen LogP contribution is 2.32. The van der Waals surface area contributed by atoms with Gasteiger partial charge in [-0.2, -0.15) is 0 Å². The van der Waals surface area contributed by atoms with Crippen molar-refractivity contribution in [3.05, 3.63) is 52.5 Å². The number of amides is 2. The average Bonchev–Trinajstić information content (AvgIpc) is 2.84. The topological polar surface area (TPSA) is 96.5 Å². The first-order valence-corrected chi connectivity index (χ1v) is 13.0. The highest BCUT2D eigenvalue weighted by Gasteiger charge is 2.33. The number of carbonyl (C=O) groups is 2. The zero-order valence-electron chi connectivity index (χ0n) is 20.3. The van der Waals surface area contributed by atoms with E-state index < -0.39 is 22.7 Å². The van der Waals surface area contributed by atoms with Gasteiger partial charge in [0.25, 0.3) is 10.0 Å². The van der Waals surface area contributed by atoms with E-state index in [-0.39, 0.29) is 41.9 Å². The number of aryl methyl sites for hydroxylation is 2. The molecule has 9 nitrogen and oxygen atoms in total. The average molecular weight is 524 g/mol. The minimum atomic E-state index is -4.20. The van der Waals surface area contributed by atoms with Crippen molar-refractivity contribution in [1.29, 1.82) is 0 Å². The monoisotopic (exact) mass is 523 g/mol. The molecule has 3 rings (SSSR count). The summed E-state index contributed by atoms with van der Waals surface area (Å²) in [5.74, 6) is -0.213. The van der Waals surface area contributed by atoms with Crippen molar-refractivity contribution >= 4 is 39.3 Å². The van der Waals surface area contributed by atoms with Crippen molar-refractivity contribution < 1.29 is 27.5 Å². The molecule has 11 heteroatoms. The lowest BCUT2D eigenvalue weighted by molar-refractivity contribution is -0.131. The number of benzene rings is 2. The predicted molar refractivity (Wildman–Crippen MR) is 134 cm³/mol. The fourth-order valence-corrected chi connectivity index (χ4v) is 5.56. The molecule has 0 bridgehead atoms. The maximum atomic E-state index is 13.9. The predicted octanol–water partition coefficient (Wildman–Crippen LogP) is 3.46. The number of carbonyl (C=O) groups excluding carboxylic acids is 2. The summed E-state index contributed by atoms with van der Waals surface area (Å²) in [6, 6.07) is 9.70. The van der Waals surface area contributed by atoms with Crippen LogP contribution in [0.2, 0.25) is 5.02 Å². The zero-order chi connectivity index (χ0) is 25.8. The number of hydrogen-bond acceptors (Lipinski definition) is 6. The number of anilines is 1. The molecule has 1 saturated heterocycles. The van der Waals surface area contributed by atoms with E-state index in [0.717, 1.165) is 15.4 Å². The first kappa shape index (κ1) is 26.6. The van der Waals surface area contributed by atoms with Crippen LogP contribution in [0.1, 0.15) is 18.1 Å². The van der Waals surface area contributed by atoms with Crippen LogP contribution >= 0.6 is 11.6 Å². The number of halogens is 1. The minimum absolute atomic E-state index is 0.0448. The van der Waals surface area contributed by atoms with Crippen LogP contribution in [0.25, 0.3) is 0 Å². The molecule has 0 aromatic heterocycles. The Morgan fingerprint density at radius 2 is 1.69 bits per heavy atom. The molecule has 1 fully saturated rings. The van der Waals surface area contributed by atoms with Crippen molar-refractivity contribution in [2.24, 2.45) is 0 Å². The fourth-order valence-electron chi connectivity index (χ4n) is 3.73. The van der Waals surface area contributed by atoms with Gasteiger partial charge in [0, 0.05) is 31.2 Å². The molecule has 0 N–H and O–H groups in total. The maximum Gasteiger partial charge on any atom is 0.409 e. The van der Waals surface area contributed by atoms with E-state index in [1.54, 1.807) is 43.0 Å². The molecule has 2 aromatic carbocycles. The second-order valence-corrected chi connectivity index (χ2v) is 10.4. The number of hydrogen-bond donors (Lipinski definition) is 0. The molecule has 0 unspecified atom stereocenters. The molecular weight excluding hydrogens is 494 g/mol. The first-order chi connectivity index (χ1) is 16.6. The molecule has 1 aliphatic heterocycles. The molecular formula is C24H30ClN3O6S. The van der Waals surface area contributed by atoms with Crippen molar-refractivity contribution in [3.63, 3.8) is 0 Å². The van der Waals surface area contributed by atoms with E-state index in [9.17, 15) is 18.0 Å². The molecule has 35 heavy (non-hydrogen) atoms. The Labute approximate surface area is 211 Å². The van der Waals surface area contributed by atoms with Crippen LogP contribution in [0.5, 0.6) is 5.75 Å². The minimum Gasteiger partial charge on any atom is -0.495 e. The Balaban J connectivity index is 1.92. The Morgan fingerprint density at radius 1 is 1.03 bits per heavy atom. The van der Waals surface area contributed by atoms with E-state index in [1.165, 1.54) is 24.1 Å². The fraction of sp³-hybridized carbons (Fsp3) is 0.417. The van der Waals surface area contributed by atoms with Crippen LogP contribution in [0.3, 0.4) is 0 Å². The van der Waals surface area contributed by atoms with E-state index in [1.807, 2.05) is 6.92 Å². The first-order valence-electron chi connectivity index (χ1n) is 11.2. The largest absolute Gasteiger partial charge is 0.495 e. The Bertz CT molecular complexity index is 1200. The second kappa shape index (κ2) is 11.2. The lowest BCUT2D eigenvalue weighted by atomic mass is 10.2. The third-order valence-corrected chi connectivity index (χ3v) is 7.97. The highest BCUT2D eigenvalue weighted by atomic mass is 35.5. The van der Waals surface area contributed by atoms with Gasteiger partial charge in [-0.25, -0.2) is 13.2 Å². The van der Waals surface area contributed by atoms with Crippen molar-refractivity contribution in [1.82, 2.24) is 9.80 Å². The lowest BCUT2D eigenvalue weighted by Gasteiger charge is -2.35. The van der Waals surface area contributed by atoms with Crippen molar-refractivity contribution in [2.75, 3.05) is 50.7 Å². The van der Waals surface area contributed by atoms with Gasteiger partial charge < -0.3 is 19.3 Å². The lowest BCUT2D eigenvalue weighted by Crippen LogP contribution is -2.53. The molecule has 0 saturated carbocycles. The van der Waals surface area contributed by atoms with Gasteiger partial charge in [-0.1, -0.05) is 23.7 Å². The van der Waals surface area contributed by atoms with Crippen LogP contribution in [0, 0.1) is 13.8 Å². The van der Waals surface area contributed by atoms with Gasteiger partial charge in [0.2, 0.25) is 5.91 Å². The van der Waals surface area contributed by atoms with E-state index >= 15 is 0 Å². The maximum absolute atomic E-state index is 13.9. The molecule has 0 spiro atoms. The molecule has 0 aliphatic carbocycles. The summed E-state index contributed by atoms with van der Waals surface area (Å²) in [4.78, 5) is 28.2. The van der Waals surface area contributed by atoms with Crippen LogP contribution in [0.15, 0.2) is 41.3 Å². The van der Waals surface area contributed by atoms with E-state index in [4.69, 9.17) is 21.1 Å². The van der Waals surface area contributed by atoms with Crippen LogP contribution in [-0.4, -0.2) is 76.7 Å². The Hall–Kier alpha value is -2.98. The van der Waals surface area contributed by atoms with Gasteiger partial charge in [0.05, 0.1) is 19.4 Å². The summed E-state index contributed by atoms with van der Waals surface area (Å²) in [7, 11) is -2.80. The molecule has 0 atom stereocenters. The van der Waals surface area contributed by atoms with E-state index in [2.05, 4.69) is 0 Å². The molecule has 2 aromatic rings. The molecule has 1 heterocycles. The molecule has 0 radical (unpaired) electrons. The number of nitrogens with zero attached hydrogens (tertiary/aromatic N) is 3. The smallest absolute Gasteiger partial charge is 0.409 e. The number of methoxy groups -OCH3 is 1. The third-order valence-electron chi connectivity index (χ3n) is 5.77. The normalized spacial score (nSPS) is 14.0. The second-order valence-electron chi connectivity index (χ2n) is 8.17. The highest BCUT2D eigenvalue weighted by molar-refractivity contribution is 7.93. The van der Waals surface area contributed by atoms with Gasteiger partial charge in [-0.05, 0) is 56.2 Å². The summed E-state index contributed by atoms with van der Waals surface area (Å²) >= 11 is 6.30. The van der Waals surface area contributed by atoms with Crippen LogP contribution < -0.4 is 9.04 Å². The van der Waals surface area contributed by atoms with Crippen LogP contribution in [0.4, 0.5) is 10.5 Å². The van der Waals surface area contributed by atoms with Gasteiger partial charge in [0.1, 0.15) is 17.2 Å². The van der Waals surface area contributed by atoms with Crippen molar-refractivity contribution in [2.45, 2.75) is 25.7 Å².